The van der Waals surface area contributed by atoms with E-state index < -0.39 is 0 Å². The fourth-order valence-electron chi connectivity index (χ4n) is 2.94. The molecule has 1 N–H and O–H groups in total. The van der Waals surface area contributed by atoms with Crippen molar-refractivity contribution >= 4 is 34.6 Å². The van der Waals surface area contributed by atoms with E-state index in [0.29, 0.717) is 18.1 Å². The third kappa shape index (κ3) is 4.68. The van der Waals surface area contributed by atoms with Gasteiger partial charge in [0.1, 0.15) is 11.6 Å². The maximum Gasteiger partial charge on any atom is 0.191 e. The number of thioether (sulfide) groups is 2. The summed E-state index contributed by atoms with van der Waals surface area (Å²) in [4.78, 5) is 16.9. The van der Waals surface area contributed by atoms with E-state index in [0.717, 1.165) is 44.4 Å². The van der Waals surface area contributed by atoms with Gasteiger partial charge in [-0.1, -0.05) is 41.7 Å². The summed E-state index contributed by atoms with van der Waals surface area (Å²) in [6.07, 6.45) is 1.86. The van der Waals surface area contributed by atoms with E-state index in [2.05, 4.69) is 41.3 Å². The van der Waals surface area contributed by atoms with E-state index in [1.54, 1.807) is 23.5 Å². The lowest BCUT2D eigenvalue weighted by atomic mass is 10.3. The third-order valence-electron chi connectivity index (χ3n) is 4.17. The SMILES string of the molecule is C=CCn1c(CSc2nc(C)cc(C)n2)nnc1SCc1nc2ccccc2[nH]1. The Morgan fingerprint density at radius 2 is 1.83 bits per heavy atom. The summed E-state index contributed by atoms with van der Waals surface area (Å²) in [5.41, 5.74) is 3.95. The summed E-state index contributed by atoms with van der Waals surface area (Å²) in [7, 11) is 0. The van der Waals surface area contributed by atoms with Crippen LogP contribution < -0.4 is 0 Å². The lowest BCUT2D eigenvalue weighted by molar-refractivity contribution is 0.699. The van der Waals surface area contributed by atoms with Gasteiger partial charge in [-0.25, -0.2) is 15.0 Å². The third-order valence-corrected chi connectivity index (χ3v) is 5.99. The highest BCUT2D eigenvalue weighted by molar-refractivity contribution is 7.98. The van der Waals surface area contributed by atoms with Crippen molar-refractivity contribution in [2.45, 2.75) is 42.2 Å². The van der Waals surface area contributed by atoms with Gasteiger partial charge < -0.3 is 9.55 Å². The fourth-order valence-corrected chi connectivity index (χ4v) is 4.66. The number of hydrogen-bond donors (Lipinski definition) is 1. The molecule has 3 heterocycles. The van der Waals surface area contributed by atoms with E-state index in [9.17, 15) is 0 Å². The highest BCUT2D eigenvalue weighted by atomic mass is 32.2. The maximum atomic E-state index is 4.63. The summed E-state index contributed by atoms with van der Waals surface area (Å²) >= 11 is 3.18. The zero-order valence-electron chi connectivity index (χ0n) is 16.3. The molecule has 0 saturated heterocycles. The Bertz CT molecular complexity index is 1100. The summed E-state index contributed by atoms with van der Waals surface area (Å²) in [5, 5.41) is 10.4. The molecule has 0 amide bonds. The van der Waals surface area contributed by atoms with Crippen molar-refractivity contribution in [2.24, 2.45) is 0 Å². The first-order valence-electron chi connectivity index (χ1n) is 9.17. The Labute approximate surface area is 177 Å². The number of nitrogens with zero attached hydrogens (tertiary/aromatic N) is 6. The normalized spacial score (nSPS) is 11.2. The first-order chi connectivity index (χ1) is 14.1. The minimum atomic E-state index is 0.648. The molecule has 0 unspecified atom stereocenters. The van der Waals surface area contributed by atoms with Crippen molar-refractivity contribution in [2.75, 3.05) is 0 Å². The van der Waals surface area contributed by atoms with Crippen molar-refractivity contribution in [3.05, 3.63) is 66.0 Å². The molecule has 3 aromatic heterocycles. The van der Waals surface area contributed by atoms with Gasteiger partial charge in [0, 0.05) is 17.9 Å². The predicted molar refractivity (Wildman–Crippen MR) is 117 cm³/mol. The molecule has 0 radical (unpaired) electrons. The number of aryl methyl sites for hydroxylation is 2. The van der Waals surface area contributed by atoms with Gasteiger partial charge in [-0.2, -0.15) is 0 Å². The smallest absolute Gasteiger partial charge is 0.191 e. The van der Waals surface area contributed by atoms with Gasteiger partial charge in [0.2, 0.25) is 0 Å². The van der Waals surface area contributed by atoms with Crippen LogP contribution in [0.15, 0.2) is 53.3 Å². The van der Waals surface area contributed by atoms with Crippen molar-refractivity contribution in [1.29, 1.82) is 0 Å². The predicted octanol–water partition coefficient (Wildman–Crippen LogP) is 4.33. The van der Waals surface area contributed by atoms with Gasteiger partial charge in [0.05, 0.1) is 22.5 Å². The summed E-state index contributed by atoms with van der Waals surface area (Å²) < 4.78 is 2.08. The molecule has 0 fully saturated rings. The van der Waals surface area contributed by atoms with Crippen LogP contribution in [0, 0.1) is 13.8 Å². The summed E-state index contributed by atoms with van der Waals surface area (Å²) in [6, 6.07) is 9.99. The minimum Gasteiger partial charge on any atom is -0.341 e. The number of fused-ring (bicyclic) bond motifs is 1. The fraction of sp³-hybridized carbons (Fsp3) is 0.250. The average molecular weight is 424 g/mol. The van der Waals surface area contributed by atoms with Crippen molar-refractivity contribution in [3.63, 3.8) is 0 Å². The number of rotatable bonds is 8. The Kier molecular flexibility index (Phi) is 5.96. The number of benzene rings is 1. The van der Waals surface area contributed by atoms with Crippen molar-refractivity contribution in [3.8, 4) is 0 Å². The van der Waals surface area contributed by atoms with Crippen LogP contribution >= 0.6 is 23.5 Å². The van der Waals surface area contributed by atoms with Crippen molar-refractivity contribution in [1.82, 2.24) is 34.7 Å². The molecule has 7 nitrogen and oxygen atoms in total. The summed E-state index contributed by atoms with van der Waals surface area (Å²) in [6.45, 7) is 8.48. The van der Waals surface area contributed by atoms with Crippen LogP contribution in [-0.2, 0) is 18.1 Å². The van der Waals surface area contributed by atoms with Crippen LogP contribution in [0.2, 0.25) is 0 Å². The number of aromatic nitrogens is 7. The van der Waals surface area contributed by atoms with Gasteiger partial charge in [0.25, 0.3) is 0 Å². The second-order valence-electron chi connectivity index (χ2n) is 6.51. The molecular formula is C20H21N7S2. The highest BCUT2D eigenvalue weighted by Gasteiger charge is 2.14. The molecule has 0 aliphatic carbocycles. The van der Waals surface area contributed by atoms with Crippen LogP contribution in [0.1, 0.15) is 23.0 Å². The maximum absolute atomic E-state index is 4.63. The molecule has 9 heteroatoms. The van der Waals surface area contributed by atoms with Crippen LogP contribution in [0.4, 0.5) is 0 Å². The van der Waals surface area contributed by atoms with Gasteiger partial charge in [-0.15, -0.1) is 16.8 Å². The molecule has 1 aromatic carbocycles. The van der Waals surface area contributed by atoms with Crippen LogP contribution in [-0.4, -0.2) is 34.7 Å². The Balaban J connectivity index is 1.47. The van der Waals surface area contributed by atoms with Crippen LogP contribution in [0.5, 0.6) is 0 Å². The van der Waals surface area contributed by atoms with E-state index in [-0.39, 0.29) is 0 Å². The number of imidazole rings is 1. The Morgan fingerprint density at radius 1 is 1.03 bits per heavy atom. The number of aromatic amines is 1. The van der Waals surface area contributed by atoms with Crippen molar-refractivity contribution < 1.29 is 0 Å². The van der Waals surface area contributed by atoms with Gasteiger partial charge in [-0.3, -0.25) is 0 Å². The summed E-state index contributed by atoms with van der Waals surface area (Å²) in [5.74, 6) is 3.14. The quantitative estimate of drug-likeness (QED) is 0.256. The molecule has 148 valence electrons. The average Bonchev–Trinajstić information content (AvgIpc) is 3.28. The lowest BCUT2D eigenvalue weighted by Gasteiger charge is -2.07. The second-order valence-corrected chi connectivity index (χ2v) is 8.39. The first kappa shape index (κ1) is 19.7. The standard InChI is InChI=1S/C20H21N7S2/c1-4-9-27-18(12-28-19-21-13(2)10-14(3)22-19)25-26-20(27)29-11-17-23-15-7-5-6-8-16(15)24-17/h4-8,10H,1,9,11-12H2,2-3H3,(H,23,24). The highest BCUT2D eigenvalue weighted by Crippen LogP contribution is 2.25. The number of nitrogens with one attached hydrogen (secondary N) is 1. The molecular weight excluding hydrogens is 402 g/mol. The molecule has 0 saturated carbocycles. The number of para-hydroxylation sites is 2. The van der Waals surface area contributed by atoms with Crippen LogP contribution in [0.25, 0.3) is 11.0 Å². The number of H-pyrrole nitrogens is 1. The largest absolute Gasteiger partial charge is 0.341 e. The Hall–Kier alpha value is -2.65. The zero-order valence-corrected chi connectivity index (χ0v) is 17.9. The number of hydrogen-bond acceptors (Lipinski definition) is 7. The molecule has 4 rings (SSSR count). The van der Waals surface area contributed by atoms with E-state index >= 15 is 0 Å². The van der Waals surface area contributed by atoms with Gasteiger partial charge in [-0.05, 0) is 32.0 Å². The van der Waals surface area contributed by atoms with Crippen LogP contribution in [0.3, 0.4) is 0 Å². The second kappa shape index (κ2) is 8.79. The Morgan fingerprint density at radius 3 is 2.59 bits per heavy atom. The molecule has 0 atom stereocenters. The molecule has 0 spiro atoms. The molecule has 0 bridgehead atoms. The van der Waals surface area contributed by atoms with E-state index in [1.807, 2.05) is 50.3 Å². The minimum absolute atomic E-state index is 0.648. The first-order valence-corrected chi connectivity index (χ1v) is 11.1. The van der Waals surface area contributed by atoms with E-state index in [1.165, 1.54) is 0 Å². The molecule has 4 aromatic rings. The topological polar surface area (TPSA) is 85.2 Å². The molecule has 0 aliphatic rings. The zero-order chi connectivity index (χ0) is 20.2. The lowest BCUT2D eigenvalue weighted by Crippen LogP contribution is -2.03. The number of allylic oxidation sites excluding steroid dienone is 1. The molecule has 29 heavy (non-hydrogen) atoms. The van der Waals surface area contributed by atoms with Gasteiger partial charge >= 0.3 is 0 Å². The van der Waals surface area contributed by atoms with E-state index in [4.69, 9.17) is 0 Å². The monoisotopic (exact) mass is 423 g/mol. The molecule has 0 aliphatic heterocycles. The van der Waals surface area contributed by atoms with Gasteiger partial charge in [0.15, 0.2) is 10.3 Å².